The first-order valence-electron chi connectivity index (χ1n) is 4.99. The van der Waals surface area contributed by atoms with E-state index in [0.717, 1.165) is 0 Å². The first-order valence-corrected chi connectivity index (χ1v) is 5.75. The second-order valence-electron chi connectivity index (χ2n) is 3.37. The van der Waals surface area contributed by atoms with E-state index in [2.05, 4.69) is 14.7 Å². The minimum atomic E-state index is -0.578. The summed E-state index contributed by atoms with van der Waals surface area (Å²) in [6.45, 7) is 0. The van der Waals surface area contributed by atoms with Crippen LogP contribution in [0.15, 0.2) is 30.5 Å². The van der Waals surface area contributed by atoms with Crippen LogP contribution in [-0.2, 0) is 4.74 Å². The molecule has 0 saturated carbocycles. The number of carbonyl (C=O) groups excluding carboxylic acids is 1. The molecule has 18 heavy (non-hydrogen) atoms. The Labute approximate surface area is 114 Å². The predicted molar refractivity (Wildman–Crippen MR) is 68.8 cm³/mol. The number of hydrogen-bond acceptors (Lipinski definition) is 4. The van der Waals surface area contributed by atoms with E-state index in [1.54, 1.807) is 18.2 Å². The highest BCUT2D eigenvalue weighted by molar-refractivity contribution is 6.33. The summed E-state index contributed by atoms with van der Waals surface area (Å²) >= 11 is 11.9. The lowest BCUT2D eigenvalue weighted by Gasteiger charge is -2.05. The number of benzene rings is 1. The van der Waals surface area contributed by atoms with Crippen LogP contribution in [0.25, 0.3) is 11.4 Å². The number of methoxy groups -OCH3 is 1. The molecule has 2 rings (SSSR count). The van der Waals surface area contributed by atoms with Crippen molar-refractivity contribution in [2.24, 2.45) is 0 Å². The Morgan fingerprint density at radius 1 is 1.28 bits per heavy atom. The summed E-state index contributed by atoms with van der Waals surface area (Å²) in [4.78, 5) is 19.4. The Hall–Kier alpha value is -1.65. The van der Waals surface area contributed by atoms with Crippen molar-refractivity contribution in [3.05, 3.63) is 46.2 Å². The van der Waals surface area contributed by atoms with Gasteiger partial charge < -0.3 is 4.74 Å². The third kappa shape index (κ3) is 2.44. The van der Waals surface area contributed by atoms with Crippen molar-refractivity contribution in [2.75, 3.05) is 7.11 Å². The molecule has 0 saturated heterocycles. The number of nitrogens with zero attached hydrogens (tertiary/aromatic N) is 2. The van der Waals surface area contributed by atoms with Gasteiger partial charge >= 0.3 is 5.97 Å². The van der Waals surface area contributed by atoms with E-state index in [1.807, 2.05) is 6.07 Å². The van der Waals surface area contributed by atoms with Crippen LogP contribution in [-0.4, -0.2) is 23.0 Å². The molecule has 0 spiro atoms. The maximum Gasteiger partial charge on any atom is 0.342 e. The molecule has 1 heterocycles. The topological polar surface area (TPSA) is 52.1 Å². The molecule has 1 aromatic heterocycles. The van der Waals surface area contributed by atoms with Crippen molar-refractivity contribution in [1.82, 2.24) is 9.97 Å². The normalized spacial score (nSPS) is 10.2. The van der Waals surface area contributed by atoms with Crippen LogP contribution >= 0.6 is 23.2 Å². The highest BCUT2D eigenvalue weighted by Crippen LogP contribution is 2.26. The monoisotopic (exact) mass is 282 g/mol. The molecule has 0 radical (unpaired) electrons. The quantitative estimate of drug-likeness (QED) is 0.627. The van der Waals surface area contributed by atoms with Crippen molar-refractivity contribution in [3.63, 3.8) is 0 Å². The zero-order chi connectivity index (χ0) is 13.1. The fraction of sp³-hybridized carbons (Fsp3) is 0.0833. The molecule has 0 atom stereocenters. The summed E-state index contributed by atoms with van der Waals surface area (Å²) in [5, 5.41) is 0.547. The van der Waals surface area contributed by atoms with Crippen molar-refractivity contribution in [1.29, 1.82) is 0 Å². The molecule has 0 unspecified atom stereocenters. The summed E-state index contributed by atoms with van der Waals surface area (Å²) in [6, 6.07) is 7.11. The van der Waals surface area contributed by atoms with E-state index >= 15 is 0 Å². The summed E-state index contributed by atoms with van der Waals surface area (Å²) in [7, 11) is 1.26. The lowest BCUT2D eigenvalue weighted by molar-refractivity contribution is 0.0600. The van der Waals surface area contributed by atoms with Crippen molar-refractivity contribution in [2.45, 2.75) is 0 Å². The summed E-state index contributed by atoms with van der Waals surface area (Å²) in [5.41, 5.74) is 0.771. The Balaban J connectivity index is 2.47. The van der Waals surface area contributed by atoms with Gasteiger partial charge in [-0.25, -0.2) is 14.8 Å². The van der Waals surface area contributed by atoms with Gasteiger partial charge in [0.05, 0.1) is 12.1 Å². The number of rotatable bonds is 2. The lowest BCUT2D eigenvalue weighted by Crippen LogP contribution is -2.05. The molecule has 6 heteroatoms. The number of ether oxygens (including phenoxy) is 1. The van der Waals surface area contributed by atoms with Crippen LogP contribution in [0.1, 0.15) is 10.4 Å². The molecule has 92 valence electrons. The number of hydrogen-bond donors (Lipinski definition) is 0. The van der Waals surface area contributed by atoms with Gasteiger partial charge in [-0.1, -0.05) is 35.3 Å². The van der Waals surface area contributed by atoms with Crippen LogP contribution in [0, 0.1) is 0 Å². The fourth-order valence-corrected chi connectivity index (χ4v) is 1.81. The van der Waals surface area contributed by atoms with Crippen molar-refractivity contribution < 1.29 is 9.53 Å². The molecule has 0 bridgehead atoms. The second-order valence-corrected chi connectivity index (χ2v) is 4.13. The van der Waals surface area contributed by atoms with Gasteiger partial charge in [0.15, 0.2) is 5.82 Å². The molecule has 0 amide bonds. The first kappa shape index (κ1) is 12.8. The minimum Gasteiger partial charge on any atom is -0.465 e. The molecular weight excluding hydrogens is 275 g/mol. The second kappa shape index (κ2) is 5.33. The molecule has 0 N–H and O–H groups in total. The van der Waals surface area contributed by atoms with E-state index in [1.165, 1.54) is 13.3 Å². The zero-order valence-electron chi connectivity index (χ0n) is 9.35. The average molecular weight is 283 g/mol. The molecular formula is C12H8Cl2N2O2. The van der Waals surface area contributed by atoms with E-state index < -0.39 is 5.97 Å². The van der Waals surface area contributed by atoms with Gasteiger partial charge in [-0.15, -0.1) is 0 Å². The zero-order valence-corrected chi connectivity index (χ0v) is 10.9. The lowest BCUT2D eigenvalue weighted by atomic mass is 10.2. The maximum atomic E-state index is 11.3. The predicted octanol–water partition coefficient (Wildman–Crippen LogP) is 3.24. The van der Waals surface area contributed by atoms with Crippen molar-refractivity contribution >= 4 is 29.2 Å². The number of halogens is 2. The smallest absolute Gasteiger partial charge is 0.342 e. The third-order valence-electron chi connectivity index (χ3n) is 2.26. The Kier molecular flexibility index (Phi) is 3.79. The molecule has 0 fully saturated rings. The van der Waals surface area contributed by atoms with Gasteiger partial charge in [0, 0.05) is 11.8 Å². The van der Waals surface area contributed by atoms with Crippen LogP contribution in [0.4, 0.5) is 0 Å². The highest BCUT2D eigenvalue weighted by atomic mass is 35.5. The van der Waals surface area contributed by atoms with Gasteiger partial charge in [-0.05, 0) is 12.1 Å². The van der Waals surface area contributed by atoms with Crippen molar-refractivity contribution in [3.8, 4) is 11.4 Å². The number of aromatic nitrogens is 2. The molecule has 0 aliphatic carbocycles. The Morgan fingerprint density at radius 3 is 2.61 bits per heavy atom. The minimum absolute atomic E-state index is 0.0340. The number of carbonyl (C=O) groups is 1. The summed E-state index contributed by atoms with van der Waals surface area (Å²) < 4.78 is 4.56. The van der Waals surface area contributed by atoms with Gasteiger partial charge in [-0.2, -0.15) is 0 Å². The largest absolute Gasteiger partial charge is 0.465 e. The summed E-state index contributed by atoms with van der Waals surface area (Å²) in [5.74, 6) is -0.219. The average Bonchev–Trinajstić information content (AvgIpc) is 2.38. The van der Waals surface area contributed by atoms with Gasteiger partial charge in [0.25, 0.3) is 0 Å². The van der Waals surface area contributed by atoms with E-state index in [4.69, 9.17) is 23.2 Å². The van der Waals surface area contributed by atoms with E-state index in [0.29, 0.717) is 16.4 Å². The molecule has 2 aromatic rings. The molecule has 1 aromatic carbocycles. The maximum absolute atomic E-state index is 11.3. The standard InChI is InChI=1S/C12H8Cl2N2O2/c1-18-12(17)8-6-15-11(16-10(8)14)7-4-2-3-5-9(7)13/h2-6H,1H3. The Morgan fingerprint density at radius 2 is 2.00 bits per heavy atom. The molecule has 4 nitrogen and oxygen atoms in total. The van der Waals surface area contributed by atoms with Crippen LogP contribution in [0.5, 0.6) is 0 Å². The fourth-order valence-electron chi connectivity index (χ4n) is 1.38. The van der Waals surface area contributed by atoms with E-state index in [9.17, 15) is 4.79 Å². The van der Waals surface area contributed by atoms with Gasteiger partial charge in [0.1, 0.15) is 10.7 Å². The van der Waals surface area contributed by atoms with Gasteiger partial charge in [0.2, 0.25) is 0 Å². The van der Waals surface area contributed by atoms with Crippen LogP contribution in [0.2, 0.25) is 10.2 Å². The Bertz CT molecular complexity index is 602. The molecule has 0 aliphatic heterocycles. The van der Waals surface area contributed by atoms with Gasteiger partial charge in [-0.3, -0.25) is 0 Å². The number of esters is 1. The van der Waals surface area contributed by atoms with E-state index in [-0.39, 0.29) is 10.7 Å². The van der Waals surface area contributed by atoms with Crippen LogP contribution in [0.3, 0.4) is 0 Å². The summed E-state index contributed by atoms with van der Waals surface area (Å²) in [6.07, 6.45) is 1.32. The SMILES string of the molecule is COC(=O)c1cnc(-c2ccccc2Cl)nc1Cl. The molecule has 0 aliphatic rings. The third-order valence-corrected chi connectivity index (χ3v) is 2.88. The highest BCUT2D eigenvalue weighted by Gasteiger charge is 2.15. The van der Waals surface area contributed by atoms with Crippen LogP contribution < -0.4 is 0 Å². The first-order chi connectivity index (χ1) is 8.63.